The first-order chi connectivity index (χ1) is 15.4. The Morgan fingerprint density at radius 1 is 1.34 bits per heavy atom. The monoisotopic (exact) mass is 435 g/mol. The lowest BCUT2D eigenvalue weighted by atomic mass is 9.74. The summed E-state index contributed by atoms with van der Waals surface area (Å²) in [6.45, 7) is 5.42. The number of halogens is 1. The lowest BCUT2D eigenvalue weighted by molar-refractivity contribution is -0.121. The number of carbonyl (C=O) groups excluding carboxylic acids is 1. The van der Waals surface area contributed by atoms with Gasteiger partial charge in [0, 0.05) is 43.0 Å². The molecule has 0 bridgehead atoms. The number of ether oxygens (including phenoxy) is 1. The van der Waals surface area contributed by atoms with Crippen molar-refractivity contribution in [3.05, 3.63) is 64.4 Å². The fourth-order valence-corrected chi connectivity index (χ4v) is 4.49. The Morgan fingerprint density at radius 3 is 2.84 bits per heavy atom. The van der Waals surface area contributed by atoms with E-state index in [9.17, 15) is 14.4 Å². The van der Waals surface area contributed by atoms with Crippen LogP contribution in [0, 0.1) is 31.0 Å². The molecule has 166 valence electrons. The Labute approximate surface area is 186 Å². The van der Waals surface area contributed by atoms with Crippen molar-refractivity contribution in [1.82, 2.24) is 19.9 Å². The van der Waals surface area contributed by atoms with E-state index in [1.54, 1.807) is 16.6 Å². The number of hydrogen-bond acceptors (Lipinski definition) is 5. The highest BCUT2D eigenvalue weighted by Gasteiger charge is 2.35. The molecule has 1 aliphatic rings. The van der Waals surface area contributed by atoms with Gasteiger partial charge in [0.15, 0.2) is 5.65 Å². The van der Waals surface area contributed by atoms with Gasteiger partial charge >= 0.3 is 0 Å². The second kappa shape index (κ2) is 9.05. The van der Waals surface area contributed by atoms with E-state index in [2.05, 4.69) is 21.5 Å². The summed E-state index contributed by atoms with van der Waals surface area (Å²) < 4.78 is 21.0. The van der Waals surface area contributed by atoms with Crippen molar-refractivity contribution in [2.75, 3.05) is 19.8 Å². The number of fused-ring (bicyclic) bond motifs is 1. The van der Waals surface area contributed by atoms with Gasteiger partial charge in [-0.3, -0.25) is 4.79 Å². The number of nitrogens with zero attached hydrogens (tertiary/aromatic N) is 4. The molecule has 0 aliphatic carbocycles. The van der Waals surface area contributed by atoms with Crippen LogP contribution in [0.25, 0.3) is 5.65 Å². The van der Waals surface area contributed by atoms with Crippen LogP contribution in [0.15, 0.2) is 30.5 Å². The van der Waals surface area contributed by atoms with E-state index in [1.807, 2.05) is 19.9 Å². The number of nitriles is 1. The molecule has 3 heterocycles. The van der Waals surface area contributed by atoms with Crippen LogP contribution >= 0.6 is 0 Å². The van der Waals surface area contributed by atoms with Gasteiger partial charge in [0.2, 0.25) is 5.91 Å². The highest BCUT2D eigenvalue weighted by atomic mass is 19.1. The number of carbonyl (C=O) groups is 1. The van der Waals surface area contributed by atoms with Crippen molar-refractivity contribution in [3.63, 3.8) is 0 Å². The topological polar surface area (TPSA) is 92.3 Å². The lowest BCUT2D eigenvalue weighted by Gasteiger charge is -2.38. The van der Waals surface area contributed by atoms with Crippen molar-refractivity contribution >= 4 is 11.6 Å². The van der Waals surface area contributed by atoms with Crippen molar-refractivity contribution in [2.24, 2.45) is 0 Å². The summed E-state index contributed by atoms with van der Waals surface area (Å²) in [5, 5.41) is 16.5. The number of benzene rings is 1. The molecule has 7 nitrogen and oxygen atoms in total. The van der Waals surface area contributed by atoms with Crippen LogP contribution < -0.4 is 5.32 Å². The molecule has 1 fully saturated rings. The minimum Gasteiger partial charge on any atom is -0.381 e. The molecule has 0 saturated carbocycles. The Morgan fingerprint density at radius 2 is 2.12 bits per heavy atom. The predicted molar refractivity (Wildman–Crippen MR) is 117 cm³/mol. The maximum absolute atomic E-state index is 13.9. The van der Waals surface area contributed by atoms with E-state index < -0.39 is 0 Å². The van der Waals surface area contributed by atoms with Gasteiger partial charge in [0.1, 0.15) is 17.4 Å². The predicted octanol–water partition coefficient (Wildman–Crippen LogP) is 3.15. The van der Waals surface area contributed by atoms with E-state index >= 15 is 0 Å². The van der Waals surface area contributed by atoms with Gasteiger partial charge in [-0.1, -0.05) is 12.1 Å². The standard InChI is InChI=1S/C24H26FN5O2/c1-16-21(17(2)30-23(29-16)18(13-26)14-28-30)6-7-22(31)27-15-24(8-10-32-11-9-24)19-4-3-5-20(25)12-19/h3-5,12,14H,6-11,15H2,1-2H3,(H,27,31). The summed E-state index contributed by atoms with van der Waals surface area (Å²) in [6, 6.07) is 8.73. The lowest BCUT2D eigenvalue weighted by Crippen LogP contribution is -2.44. The Kier molecular flexibility index (Phi) is 6.19. The molecule has 1 amide bonds. The van der Waals surface area contributed by atoms with Gasteiger partial charge < -0.3 is 10.1 Å². The maximum atomic E-state index is 13.9. The molecule has 0 atom stereocenters. The summed E-state index contributed by atoms with van der Waals surface area (Å²) in [4.78, 5) is 17.3. The molecule has 8 heteroatoms. The van der Waals surface area contributed by atoms with Crippen LogP contribution in [0.3, 0.4) is 0 Å². The Balaban J connectivity index is 1.45. The molecule has 2 aromatic heterocycles. The molecule has 0 spiro atoms. The first kappa shape index (κ1) is 21.9. The second-order valence-corrected chi connectivity index (χ2v) is 8.35. The van der Waals surface area contributed by atoms with Crippen LogP contribution in [-0.2, 0) is 21.4 Å². The summed E-state index contributed by atoms with van der Waals surface area (Å²) in [5.74, 6) is -0.337. The smallest absolute Gasteiger partial charge is 0.220 e. The zero-order valence-corrected chi connectivity index (χ0v) is 18.3. The van der Waals surface area contributed by atoms with Gasteiger partial charge in [-0.25, -0.2) is 13.9 Å². The summed E-state index contributed by atoms with van der Waals surface area (Å²) in [5.41, 5.74) is 4.15. The number of amides is 1. The average molecular weight is 436 g/mol. The third kappa shape index (κ3) is 4.21. The van der Waals surface area contributed by atoms with E-state index in [-0.39, 0.29) is 17.1 Å². The molecule has 1 saturated heterocycles. The van der Waals surface area contributed by atoms with Gasteiger partial charge in [0.05, 0.1) is 6.20 Å². The fraction of sp³-hybridized carbons (Fsp3) is 0.417. The zero-order chi connectivity index (χ0) is 22.7. The minimum atomic E-state index is -0.328. The molecule has 1 N–H and O–H groups in total. The van der Waals surface area contributed by atoms with E-state index in [1.165, 1.54) is 12.3 Å². The Hall–Kier alpha value is -3.31. The molecule has 0 radical (unpaired) electrons. The molecular weight excluding hydrogens is 409 g/mol. The quantitative estimate of drug-likeness (QED) is 0.642. The van der Waals surface area contributed by atoms with Crippen LogP contribution in [0.4, 0.5) is 4.39 Å². The zero-order valence-electron chi connectivity index (χ0n) is 18.3. The first-order valence-corrected chi connectivity index (χ1v) is 10.8. The summed E-state index contributed by atoms with van der Waals surface area (Å²) >= 11 is 0. The number of nitrogens with one attached hydrogen (secondary N) is 1. The maximum Gasteiger partial charge on any atom is 0.220 e. The number of rotatable bonds is 6. The Bertz CT molecular complexity index is 1190. The largest absolute Gasteiger partial charge is 0.381 e. The van der Waals surface area contributed by atoms with Crippen molar-refractivity contribution in [3.8, 4) is 6.07 Å². The molecule has 32 heavy (non-hydrogen) atoms. The summed E-state index contributed by atoms with van der Waals surface area (Å²) in [7, 11) is 0. The van der Waals surface area contributed by atoms with Crippen LogP contribution in [-0.4, -0.2) is 40.3 Å². The number of aryl methyl sites for hydroxylation is 2. The molecule has 1 aliphatic heterocycles. The average Bonchev–Trinajstić information content (AvgIpc) is 3.21. The minimum absolute atomic E-state index is 0.0654. The molecule has 0 unspecified atom stereocenters. The van der Waals surface area contributed by atoms with Crippen LogP contribution in [0.5, 0.6) is 0 Å². The van der Waals surface area contributed by atoms with Gasteiger partial charge in [-0.05, 0) is 56.4 Å². The van der Waals surface area contributed by atoms with Gasteiger partial charge in [0.25, 0.3) is 0 Å². The molecule has 3 aromatic rings. The highest BCUT2D eigenvalue weighted by molar-refractivity contribution is 5.76. The van der Waals surface area contributed by atoms with Crippen molar-refractivity contribution < 1.29 is 13.9 Å². The van der Waals surface area contributed by atoms with E-state index in [0.29, 0.717) is 43.8 Å². The molecule has 1 aromatic carbocycles. The highest BCUT2D eigenvalue weighted by Crippen LogP contribution is 2.34. The first-order valence-electron chi connectivity index (χ1n) is 10.8. The number of hydrogen-bond donors (Lipinski definition) is 1. The van der Waals surface area contributed by atoms with Crippen molar-refractivity contribution in [1.29, 1.82) is 5.26 Å². The SMILES string of the molecule is Cc1nc2c(C#N)cnn2c(C)c1CCC(=O)NCC1(c2cccc(F)c2)CCOCC1. The normalized spacial score (nSPS) is 15.4. The van der Waals surface area contributed by atoms with Gasteiger partial charge in [-0.2, -0.15) is 10.4 Å². The van der Waals surface area contributed by atoms with E-state index in [0.717, 1.165) is 35.4 Å². The summed E-state index contributed by atoms with van der Waals surface area (Å²) in [6.07, 6.45) is 3.79. The van der Waals surface area contributed by atoms with Crippen LogP contribution in [0.2, 0.25) is 0 Å². The molecule has 4 rings (SSSR count). The van der Waals surface area contributed by atoms with E-state index in [4.69, 9.17) is 4.74 Å². The fourth-order valence-electron chi connectivity index (χ4n) is 4.49. The van der Waals surface area contributed by atoms with Crippen LogP contribution in [0.1, 0.15) is 47.3 Å². The van der Waals surface area contributed by atoms with Crippen molar-refractivity contribution in [2.45, 2.75) is 44.9 Å². The van der Waals surface area contributed by atoms with Gasteiger partial charge in [-0.15, -0.1) is 0 Å². The third-order valence-electron chi connectivity index (χ3n) is 6.44. The molecular formula is C24H26FN5O2. The number of aromatic nitrogens is 3. The third-order valence-corrected chi connectivity index (χ3v) is 6.44. The second-order valence-electron chi connectivity index (χ2n) is 8.35.